The van der Waals surface area contributed by atoms with Crippen LogP contribution in [0.4, 0.5) is 0 Å². The molecule has 2 N–H and O–H groups in total. The Morgan fingerprint density at radius 2 is 2.00 bits per heavy atom. The maximum atomic E-state index is 10.8. The zero-order valence-electron chi connectivity index (χ0n) is 16.7. The Bertz CT molecular complexity index is 1050. The van der Waals surface area contributed by atoms with Crippen molar-refractivity contribution in [2.45, 2.75) is 50.7 Å². The molecule has 4 atom stereocenters. The largest absolute Gasteiger partial charge is 0.487 e. The van der Waals surface area contributed by atoms with E-state index in [0.29, 0.717) is 6.42 Å². The number of hydrogen-bond donors (Lipinski definition) is 2. The summed E-state index contributed by atoms with van der Waals surface area (Å²) >= 11 is 0. The number of ether oxygens (including phenoxy) is 1. The zero-order valence-corrected chi connectivity index (χ0v) is 16.7. The van der Waals surface area contributed by atoms with Gasteiger partial charge in [-0.05, 0) is 43.7 Å². The molecule has 0 bridgehead atoms. The predicted octanol–water partition coefficient (Wildman–Crippen LogP) is 1.84. The van der Waals surface area contributed by atoms with E-state index < -0.39 is 18.3 Å². The Balaban J connectivity index is 1.42. The van der Waals surface area contributed by atoms with Gasteiger partial charge < -0.3 is 24.4 Å². The highest BCUT2D eigenvalue weighted by atomic mass is 16.5. The summed E-state index contributed by atoms with van der Waals surface area (Å²) in [5.74, 6) is 0.822. The molecule has 0 amide bonds. The summed E-state index contributed by atoms with van der Waals surface area (Å²) in [5, 5.41) is 22.5. The smallest absolute Gasteiger partial charge is 0.143 e. The zero-order chi connectivity index (χ0) is 20.1. The molecule has 0 spiro atoms. The van der Waals surface area contributed by atoms with Crippen molar-refractivity contribution in [2.24, 2.45) is 0 Å². The molecule has 1 fully saturated rings. The maximum absolute atomic E-state index is 10.8. The van der Waals surface area contributed by atoms with Crippen LogP contribution in [0.1, 0.15) is 29.3 Å². The number of aromatic nitrogens is 3. The van der Waals surface area contributed by atoms with Crippen molar-refractivity contribution in [2.75, 3.05) is 13.6 Å². The maximum Gasteiger partial charge on any atom is 0.143 e. The highest BCUT2D eigenvalue weighted by molar-refractivity contribution is 5.78. The first kappa shape index (κ1) is 18.5. The second-order valence-electron chi connectivity index (χ2n) is 8.24. The van der Waals surface area contributed by atoms with Crippen molar-refractivity contribution < 1.29 is 14.9 Å². The Hall–Kier alpha value is -2.48. The van der Waals surface area contributed by atoms with Crippen molar-refractivity contribution in [3.05, 3.63) is 53.6 Å². The van der Waals surface area contributed by atoms with Gasteiger partial charge in [0.2, 0.25) is 0 Å². The number of benzene rings is 1. The van der Waals surface area contributed by atoms with Crippen molar-refractivity contribution in [3.8, 4) is 5.75 Å². The van der Waals surface area contributed by atoms with Gasteiger partial charge in [-0.3, -0.25) is 0 Å². The molecule has 7 nitrogen and oxygen atoms in total. The predicted molar refractivity (Wildman–Crippen MR) is 109 cm³/mol. The minimum atomic E-state index is -0.956. The number of aryl methyl sites for hydroxylation is 1. The van der Waals surface area contributed by atoms with Gasteiger partial charge in [-0.25, -0.2) is 9.97 Å². The summed E-state index contributed by atoms with van der Waals surface area (Å²) in [6.07, 6.45) is 2.54. The molecule has 152 valence electrons. The topological polar surface area (TPSA) is 83.6 Å². The standard InChI is InChI=1S/C22H26N4O3/c1-13-15-7-9-26(22(15)24-12-23-13)17-10-19(21(28)20(17)27)29-18-5-3-4-14-11-25(2)8-6-16(14)18/h3-5,7,9,12,17,19-21,27-28H,6,8,10-11H2,1-2H3/t17?,19?,20-,21+/m0/s1. The summed E-state index contributed by atoms with van der Waals surface area (Å²) in [6, 6.07) is 7.77. The molecule has 1 saturated carbocycles. The average Bonchev–Trinajstić information content (AvgIpc) is 3.25. The van der Waals surface area contributed by atoms with E-state index >= 15 is 0 Å². The summed E-state index contributed by atoms with van der Waals surface area (Å²) in [7, 11) is 2.12. The van der Waals surface area contributed by atoms with E-state index in [-0.39, 0.29) is 6.04 Å². The molecule has 0 radical (unpaired) electrons. The van der Waals surface area contributed by atoms with Gasteiger partial charge >= 0.3 is 0 Å². The fraction of sp³-hybridized carbons (Fsp3) is 0.455. The number of likely N-dealkylation sites (N-methyl/N-ethyl adjacent to an activating group) is 1. The molecule has 2 aliphatic rings. The first-order valence-corrected chi connectivity index (χ1v) is 10.1. The van der Waals surface area contributed by atoms with Gasteiger partial charge in [-0.2, -0.15) is 0 Å². The summed E-state index contributed by atoms with van der Waals surface area (Å²) in [6.45, 7) is 3.83. The third-order valence-electron chi connectivity index (χ3n) is 6.36. The number of fused-ring (bicyclic) bond motifs is 2. The molecule has 1 aliphatic heterocycles. The van der Waals surface area contributed by atoms with Crippen LogP contribution in [-0.4, -0.2) is 61.6 Å². The van der Waals surface area contributed by atoms with Crippen molar-refractivity contribution in [1.82, 2.24) is 19.4 Å². The van der Waals surface area contributed by atoms with E-state index in [1.165, 1.54) is 17.5 Å². The molecule has 2 unspecified atom stereocenters. The van der Waals surface area contributed by atoms with Crippen LogP contribution in [0, 0.1) is 6.92 Å². The molecule has 29 heavy (non-hydrogen) atoms. The van der Waals surface area contributed by atoms with Gasteiger partial charge in [0.05, 0.1) is 11.7 Å². The Morgan fingerprint density at radius 1 is 1.14 bits per heavy atom. The molecular weight excluding hydrogens is 368 g/mol. The quantitative estimate of drug-likeness (QED) is 0.705. The third-order valence-corrected chi connectivity index (χ3v) is 6.36. The number of rotatable bonds is 3. The molecule has 0 saturated heterocycles. The summed E-state index contributed by atoms with van der Waals surface area (Å²) in [5.41, 5.74) is 4.15. The highest BCUT2D eigenvalue weighted by Gasteiger charge is 2.44. The van der Waals surface area contributed by atoms with Gasteiger partial charge in [0.1, 0.15) is 36.0 Å². The number of aliphatic hydroxyl groups is 2. The fourth-order valence-electron chi connectivity index (χ4n) is 4.71. The van der Waals surface area contributed by atoms with Gasteiger partial charge in [-0.15, -0.1) is 0 Å². The Labute approximate surface area is 169 Å². The number of aliphatic hydroxyl groups excluding tert-OH is 2. The molecular formula is C22H26N4O3. The SMILES string of the molecule is Cc1ncnc2c1ccn2C1CC(Oc2cccc3c2CCN(C)C3)[C@@H](O)[C@H]1O. The minimum absolute atomic E-state index is 0.299. The van der Waals surface area contributed by atoms with E-state index in [9.17, 15) is 10.2 Å². The van der Waals surface area contributed by atoms with E-state index in [0.717, 1.165) is 42.0 Å². The van der Waals surface area contributed by atoms with Gasteiger partial charge in [-0.1, -0.05) is 12.1 Å². The monoisotopic (exact) mass is 394 g/mol. The van der Waals surface area contributed by atoms with Gasteiger partial charge in [0.25, 0.3) is 0 Å². The van der Waals surface area contributed by atoms with Crippen molar-refractivity contribution >= 4 is 11.0 Å². The molecule has 3 heterocycles. The number of nitrogens with zero attached hydrogens (tertiary/aromatic N) is 4. The van der Waals surface area contributed by atoms with Crippen molar-refractivity contribution in [3.63, 3.8) is 0 Å². The van der Waals surface area contributed by atoms with Gasteiger partial charge in [0.15, 0.2) is 0 Å². The number of hydrogen-bond acceptors (Lipinski definition) is 6. The van der Waals surface area contributed by atoms with Crippen LogP contribution in [0.25, 0.3) is 11.0 Å². The molecule has 1 aliphatic carbocycles. The molecule has 2 aromatic heterocycles. The van der Waals surface area contributed by atoms with Crippen LogP contribution in [0.15, 0.2) is 36.8 Å². The summed E-state index contributed by atoms with van der Waals surface area (Å²) in [4.78, 5) is 10.9. The lowest BCUT2D eigenvalue weighted by Gasteiger charge is -2.28. The van der Waals surface area contributed by atoms with E-state index in [1.807, 2.05) is 35.9 Å². The summed E-state index contributed by atoms with van der Waals surface area (Å²) < 4.78 is 8.22. The van der Waals surface area contributed by atoms with Crippen LogP contribution in [0.5, 0.6) is 5.75 Å². The molecule has 3 aromatic rings. The highest BCUT2D eigenvalue weighted by Crippen LogP contribution is 2.37. The van der Waals surface area contributed by atoms with Crippen LogP contribution >= 0.6 is 0 Å². The Morgan fingerprint density at radius 3 is 2.86 bits per heavy atom. The van der Waals surface area contributed by atoms with Crippen LogP contribution in [0.2, 0.25) is 0 Å². The van der Waals surface area contributed by atoms with E-state index in [2.05, 4.69) is 28.0 Å². The first-order chi connectivity index (χ1) is 14.0. The van der Waals surface area contributed by atoms with Gasteiger partial charge in [0, 0.05) is 31.1 Å². The molecule has 5 rings (SSSR count). The lowest BCUT2D eigenvalue weighted by molar-refractivity contribution is -0.0166. The van der Waals surface area contributed by atoms with E-state index in [1.54, 1.807) is 0 Å². The van der Waals surface area contributed by atoms with Crippen LogP contribution in [-0.2, 0) is 13.0 Å². The second-order valence-corrected chi connectivity index (χ2v) is 8.24. The van der Waals surface area contributed by atoms with E-state index in [4.69, 9.17) is 4.74 Å². The van der Waals surface area contributed by atoms with Crippen LogP contribution < -0.4 is 4.74 Å². The van der Waals surface area contributed by atoms with Crippen molar-refractivity contribution in [1.29, 1.82) is 0 Å². The first-order valence-electron chi connectivity index (χ1n) is 10.1. The third kappa shape index (κ3) is 3.10. The molecule has 1 aromatic carbocycles. The normalized spacial score (nSPS) is 27.3. The second kappa shape index (κ2) is 7.09. The lowest BCUT2D eigenvalue weighted by atomic mass is 9.99. The fourth-order valence-corrected chi connectivity index (χ4v) is 4.71. The lowest BCUT2D eigenvalue weighted by Crippen LogP contribution is -2.34. The Kier molecular flexibility index (Phi) is 4.53. The average molecular weight is 394 g/mol. The minimum Gasteiger partial charge on any atom is -0.487 e. The molecule has 7 heteroatoms. The van der Waals surface area contributed by atoms with Crippen LogP contribution in [0.3, 0.4) is 0 Å².